The fourth-order valence-corrected chi connectivity index (χ4v) is 3.25. The van der Waals surface area contributed by atoms with E-state index in [4.69, 9.17) is 4.74 Å². The summed E-state index contributed by atoms with van der Waals surface area (Å²) in [6, 6.07) is 5.84. The van der Waals surface area contributed by atoms with Crippen LogP contribution in [0, 0.1) is 0 Å². The van der Waals surface area contributed by atoms with Gasteiger partial charge in [0.05, 0.1) is 0 Å². The first-order valence-electron chi connectivity index (χ1n) is 10.9. The highest BCUT2D eigenvalue weighted by Crippen LogP contribution is 2.13. The van der Waals surface area contributed by atoms with Gasteiger partial charge in [0.2, 0.25) is 0 Å². The molecule has 0 bridgehead atoms. The number of ether oxygens (including phenoxy) is 1. The van der Waals surface area contributed by atoms with Crippen molar-refractivity contribution in [3.8, 4) is 0 Å². The SMILES string of the molecule is CCCCCCCCCCCCCCCC(=O)OC(C)[n+]1ccccc1.[Cl-]. The van der Waals surface area contributed by atoms with Crippen molar-refractivity contribution < 1.29 is 26.5 Å². The van der Waals surface area contributed by atoms with Crippen molar-refractivity contribution in [2.45, 2.75) is 110 Å². The minimum atomic E-state index is -0.231. The summed E-state index contributed by atoms with van der Waals surface area (Å²) in [4.78, 5) is 11.9. The van der Waals surface area contributed by atoms with Gasteiger partial charge >= 0.3 is 12.2 Å². The third-order valence-electron chi connectivity index (χ3n) is 4.94. The van der Waals surface area contributed by atoms with Gasteiger partial charge in [-0.2, -0.15) is 4.57 Å². The van der Waals surface area contributed by atoms with Crippen LogP contribution in [0.25, 0.3) is 0 Å². The summed E-state index contributed by atoms with van der Waals surface area (Å²) >= 11 is 0. The quantitative estimate of drug-likeness (QED) is 0.243. The molecule has 1 unspecified atom stereocenters. The van der Waals surface area contributed by atoms with Crippen LogP contribution < -0.4 is 17.0 Å². The first-order chi connectivity index (χ1) is 12.7. The van der Waals surface area contributed by atoms with Crippen molar-refractivity contribution in [3.63, 3.8) is 0 Å². The van der Waals surface area contributed by atoms with Crippen molar-refractivity contribution in [2.75, 3.05) is 0 Å². The Morgan fingerprint density at radius 2 is 1.22 bits per heavy atom. The van der Waals surface area contributed by atoms with Gasteiger partial charge in [-0.3, -0.25) is 4.79 Å². The minimum absolute atomic E-state index is 0. The molecule has 3 nitrogen and oxygen atoms in total. The van der Waals surface area contributed by atoms with Crippen LogP contribution in [-0.4, -0.2) is 5.97 Å². The number of rotatable bonds is 16. The molecule has 0 saturated heterocycles. The second-order valence-electron chi connectivity index (χ2n) is 7.40. The Morgan fingerprint density at radius 3 is 1.70 bits per heavy atom. The summed E-state index contributed by atoms with van der Waals surface area (Å²) in [5, 5.41) is 0. The predicted octanol–water partition coefficient (Wildman–Crippen LogP) is 3.52. The van der Waals surface area contributed by atoms with Crippen LogP contribution in [0.2, 0.25) is 0 Å². The van der Waals surface area contributed by atoms with Crippen LogP contribution >= 0.6 is 0 Å². The van der Waals surface area contributed by atoms with E-state index in [1.54, 1.807) is 0 Å². The number of esters is 1. The number of halogens is 1. The number of nitrogens with zero attached hydrogens (tertiary/aromatic N) is 1. The molecule has 1 rings (SSSR count). The first-order valence-corrected chi connectivity index (χ1v) is 10.9. The van der Waals surface area contributed by atoms with E-state index < -0.39 is 0 Å². The van der Waals surface area contributed by atoms with Gasteiger partial charge < -0.3 is 17.1 Å². The number of carbonyl (C=O) groups excluding carboxylic acids is 1. The molecule has 0 aromatic carbocycles. The number of pyridine rings is 1. The standard InChI is InChI=1S/C23H40NO2.ClH/c1-3-4-5-6-7-8-9-10-11-12-13-14-16-19-23(25)26-22(2)24-20-17-15-18-21-24;/h15,17-18,20-22H,3-14,16,19H2,1-2H3;1H/q+1;/p-1. The molecule has 0 aliphatic rings. The molecule has 0 aliphatic heterocycles. The monoisotopic (exact) mass is 397 g/mol. The average molecular weight is 398 g/mol. The molecule has 4 heteroatoms. The van der Waals surface area contributed by atoms with Crippen molar-refractivity contribution >= 4 is 5.97 Å². The van der Waals surface area contributed by atoms with Crippen LogP contribution in [0.4, 0.5) is 0 Å². The van der Waals surface area contributed by atoms with Crippen LogP contribution in [0.1, 0.15) is 110 Å². The first kappa shape index (κ1) is 25.9. The van der Waals surface area contributed by atoms with E-state index in [0.29, 0.717) is 6.42 Å². The summed E-state index contributed by atoms with van der Waals surface area (Å²) in [6.07, 6.45) is 21.3. The van der Waals surface area contributed by atoms with Crippen molar-refractivity contribution in [3.05, 3.63) is 30.6 Å². The van der Waals surface area contributed by atoms with Gasteiger partial charge in [0.15, 0.2) is 12.4 Å². The van der Waals surface area contributed by atoms with Crippen LogP contribution in [-0.2, 0) is 9.53 Å². The van der Waals surface area contributed by atoms with Gasteiger partial charge in [0.1, 0.15) is 0 Å². The number of unbranched alkanes of at least 4 members (excludes halogenated alkanes) is 12. The maximum atomic E-state index is 11.9. The molecule has 0 radical (unpaired) electrons. The summed E-state index contributed by atoms with van der Waals surface area (Å²) in [6.45, 7) is 4.18. The zero-order valence-corrected chi connectivity index (χ0v) is 18.3. The summed E-state index contributed by atoms with van der Waals surface area (Å²) < 4.78 is 7.37. The fraction of sp³-hybridized carbons (Fsp3) is 0.739. The molecular weight excluding hydrogens is 358 g/mol. The van der Waals surface area contributed by atoms with E-state index >= 15 is 0 Å². The molecule has 0 saturated carbocycles. The lowest BCUT2D eigenvalue weighted by Crippen LogP contribution is -3.00. The Labute approximate surface area is 173 Å². The van der Waals surface area contributed by atoms with Crippen LogP contribution in [0.3, 0.4) is 0 Å². The summed E-state index contributed by atoms with van der Waals surface area (Å²) in [5.41, 5.74) is 0. The Balaban J connectivity index is 0.00000676. The molecule has 156 valence electrons. The highest BCUT2D eigenvalue weighted by atomic mass is 35.5. The Bertz CT molecular complexity index is 453. The normalized spacial score (nSPS) is 11.6. The van der Waals surface area contributed by atoms with Gasteiger partial charge in [-0.1, -0.05) is 90.0 Å². The van der Waals surface area contributed by atoms with Gasteiger partial charge in [-0.05, 0) is 6.42 Å². The molecule has 0 N–H and O–H groups in total. The molecule has 0 amide bonds. The highest BCUT2D eigenvalue weighted by molar-refractivity contribution is 5.69. The number of hydrogen-bond acceptors (Lipinski definition) is 2. The minimum Gasteiger partial charge on any atom is -1.00 e. The molecule has 27 heavy (non-hydrogen) atoms. The van der Waals surface area contributed by atoms with Crippen molar-refractivity contribution in [1.82, 2.24) is 0 Å². The summed E-state index contributed by atoms with van der Waals surface area (Å²) in [7, 11) is 0. The molecule has 1 aromatic rings. The maximum absolute atomic E-state index is 11.9. The topological polar surface area (TPSA) is 30.2 Å². The molecule has 0 spiro atoms. The zero-order valence-electron chi connectivity index (χ0n) is 17.5. The lowest BCUT2D eigenvalue weighted by atomic mass is 10.0. The highest BCUT2D eigenvalue weighted by Gasteiger charge is 2.15. The van der Waals surface area contributed by atoms with Crippen LogP contribution in [0.15, 0.2) is 30.6 Å². The maximum Gasteiger partial charge on any atom is 0.310 e. The average Bonchev–Trinajstić information content (AvgIpc) is 2.66. The van der Waals surface area contributed by atoms with Crippen LogP contribution in [0.5, 0.6) is 0 Å². The lowest BCUT2D eigenvalue weighted by Gasteiger charge is -2.08. The number of hydrogen-bond donors (Lipinski definition) is 0. The van der Waals surface area contributed by atoms with Gasteiger partial charge in [-0.25, -0.2) is 0 Å². The van der Waals surface area contributed by atoms with Gasteiger partial charge in [-0.15, -0.1) is 0 Å². The predicted molar refractivity (Wildman–Crippen MR) is 108 cm³/mol. The summed E-state index contributed by atoms with van der Waals surface area (Å²) in [5.74, 6) is -0.0862. The number of aromatic nitrogens is 1. The van der Waals surface area contributed by atoms with E-state index in [9.17, 15) is 4.79 Å². The van der Waals surface area contributed by atoms with E-state index in [0.717, 1.165) is 12.8 Å². The Hall–Kier alpha value is -1.09. The largest absolute Gasteiger partial charge is 1.00 e. The van der Waals surface area contributed by atoms with Gasteiger partial charge in [0, 0.05) is 25.5 Å². The number of carbonyl (C=O) groups is 1. The second-order valence-corrected chi connectivity index (χ2v) is 7.40. The molecule has 0 fully saturated rings. The third kappa shape index (κ3) is 14.6. The van der Waals surface area contributed by atoms with E-state index in [1.165, 1.54) is 70.6 Å². The molecule has 1 atom stereocenters. The van der Waals surface area contributed by atoms with Crippen molar-refractivity contribution in [1.29, 1.82) is 0 Å². The van der Waals surface area contributed by atoms with E-state index in [1.807, 2.05) is 42.1 Å². The van der Waals surface area contributed by atoms with Crippen molar-refractivity contribution in [2.24, 2.45) is 0 Å². The third-order valence-corrected chi connectivity index (χ3v) is 4.94. The smallest absolute Gasteiger partial charge is 0.310 e. The molecular formula is C23H40ClNO2. The molecule has 1 aromatic heterocycles. The van der Waals surface area contributed by atoms with Gasteiger partial charge in [0.25, 0.3) is 0 Å². The molecule has 1 heterocycles. The lowest BCUT2D eigenvalue weighted by molar-refractivity contribution is -0.753. The second kappa shape index (κ2) is 18.3. The zero-order chi connectivity index (χ0) is 18.9. The van der Waals surface area contributed by atoms with E-state index in [2.05, 4.69) is 6.92 Å². The fourth-order valence-electron chi connectivity index (χ4n) is 3.25. The molecule has 0 aliphatic carbocycles. The van der Waals surface area contributed by atoms with E-state index in [-0.39, 0.29) is 24.6 Å². The Morgan fingerprint density at radius 1 is 0.778 bits per heavy atom. The Kier molecular flexibility index (Phi) is 17.5.